The van der Waals surface area contributed by atoms with Crippen molar-refractivity contribution in [3.05, 3.63) is 29.3 Å². The first kappa shape index (κ1) is 21.5. The number of carbonyl (C=O) groups is 3. The van der Waals surface area contributed by atoms with Crippen LogP contribution in [-0.4, -0.2) is 37.7 Å². The van der Waals surface area contributed by atoms with Gasteiger partial charge in [-0.25, -0.2) is 9.59 Å². The molecule has 0 fully saturated rings. The Kier molecular flexibility index (Phi) is 8.61. The van der Waals surface area contributed by atoms with Crippen molar-refractivity contribution < 1.29 is 23.9 Å². The molecule has 0 unspecified atom stereocenters. The van der Waals surface area contributed by atoms with Gasteiger partial charge in [0.05, 0.1) is 0 Å². The highest BCUT2D eigenvalue weighted by atomic mass is 16.6. The quantitative estimate of drug-likeness (QED) is 0.691. The Bertz CT molecular complexity index is 641. The summed E-state index contributed by atoms with van der Waals surface area (Å²) in [6.07, 6.45) is 0. The Morgan fingerprint density at radius 2 is 1.77 bits per heavy atom. The molecular formula is C19H28N2O5. The molecule has 3 amide bonds. The number of aryl methyl sites for hydroxylation is 1. The van der Waals surface area contributed by atoms with Crippen LogP contribution in [0.5, 0.6) is 5.75 Å². The highest BCUT2D eigenvalue weighted by Gasteiger charge is 2.12. The lowest BCUT2D eigenvalue weighted by Crippen LogP contribution is -2.42. The van der Waals surface area contributed by atoms with Crippen LogP contribution in [0.3, 0.4) is 0 Å². The Morgan fingerprint density at radius 1 is 1.08 bits per heavy atom. The van der Waals surface area contributed by atoms with Gasteiger partial charge in [-0.1, -0.05) is 39.8 Å². The lowest BCUT2D eigenvalue weighted by molar-refractivity contribution is -0.150. The summed E-state index contributed by atoms with van der Waals surface area (Å²) in [6.45, 7) is 9.48. The average molecular weight is 364 g/mol. The molecular weight excluding hydrogens is 336 g/mol. The van der Waals surface area contributed by atoms with E-state index in [1.807, 2.05) is 39.0 Å². The number of esters is 1. The fraction of sp³-hybridized carbons (Fsp3) is 0.526. The standard InChI is InChI=1S/C19H28N2O5/c1-12(2)9-20-19(24)21-17(22)10-26-18(23)11-25-16-8-15(13(3)4)7-6-14(16)5/h6-8,12-13H,9-11H2,1-5H3,(H2,20,21,22,24). The van der Waals surface area contributed by atoms with Gasteiger partial charge in [-0.05, 0) is 36.0 Å². The first-order valence-electron chi connectivity index (χ1n) is 8.65. The Balaban J connectivity index is 2.38. The number of urea groups is 1. The van der Waals surface area contributed by atoms with Crippen LogP contribution in [0.25, 0.3) is 0 Å². The molecule has 144 valence electrons. The summed E-state index contributed by atoms with van der Waals surface area (Å²) in [5.41, 5.74) is 2.01. The number of imide groups is 1. The molecule has 0 aliphatic heterocycles. The van der Waals surface area contributed by atoms with Crippen molar-refractivity contribution in [3.8, 4) is 5.75 Å². The molecule has 26 heavy (non-hydrogen) atoms. The number of hydrogen-bond acceptors (Lipinski definition) is 5. The summed E-state index contributed by atoms with van der Waals surface area (Å²) in [5.74, 6) is -0.167. The highest BCUT2D eigenvalue weighted by molar-refractivity contribution is 5.95. The van der Waals surface area contributed by atoms with Gasteiger partial charge in [-0.2, -0.15) is 0 Å². The van der Waals surface area contributed by atoms with Crippen LogP contribution < -0.4 is 15.4 Å². The zero-order valence-corrected chi connectivity index (χ0v) is 16.0. The van der Waals surface area contributed by atoms with E-state index in [1.54, 1.807) is 0 Å². The van der Waals surface area contributed by atoms with Crippen LogP contribution in [-0.2, 0) is 14.3 Å². The van der Waals surface area contributed by atoms with Gasteiger partial charge in [0.15, 0.2) is 13.2 Å². The predicted molar refractivity (Wildman–Crippen MR) is 98.1 cm³/mol. The number of hydrogen-bond donors (Lipinski definition) is 2. The van der Waals surface area contributed by atoms with Crippen molar-refractivity contribution in [2.45, 2.75) is 40.5 Å². The first-order valence-corrected chi connectivity index (χ1v) is 8.65. The van der Waals surface area contributed by atoms with Crippen molar-refractivity contribution in [3.63, 3.8) is 0 Å². The van der Waals surface area contributed by atoms with E-state index in [0.717, 1.165) is 11.1 Å². The smallest absolute Gasteiger partial charge is 0.344 e. The molecule has 7 nitrogen and oxygen atoms in total. The highest BCUT2D eigenvalue weighted by Crippen LogP contribution is 2.24. The molecule has 0 saturated carbocycles. The second-order valence-corrected chi connectivity index (χ2v) is 6.78. The second-order valence-electron chi connectivity index (χ2n) is 6.78. The molecule has 1 aromatic rings. The van der Waals surface area contributed by atoms with E-state index < -0.39 is 24.5 Å². The molecule has 0 atom stereocenters. The molecule has 0 radical (unpaired) electrons. The summed E-state index contributed by atoms with van der Waals surface area (Å²) < 4.78 is 10.3. The molecule has 0 saturated heterocycles. The molecule has 2 N–H and O–H groups in total. The molecule has 0 aliphatic carbocycles. The molecule has 0 aromatic heterocycles. The van der Waals surface area contributed by atoms with Gasteiger partial charge < -0.3 is 14.8 Å². The second kappa shape index (κ2) is 10.4. The molecule has 0 bridgehead atoms. The van der Waals surface area contributed by atoms with Gasteiger partial charge in [0.1, 0.15) is 5.75 Å². The van der Waals surface area contributed by atoms with Crippen LogP contribution in [0.4, 0.5) is 4.79 Å². The van der Waals surface area contributed by atoms with Crippen molar-refractivity contribution in [1.29, 1.82) is 0 Å². The predicted octanol–water partition coefficient (Wildman–Crippen LogP) is 2.52. The number of rotatable bonds is 8. The van der Waals surface area contributed by atoms with E-state index in [4.69, 9.17) is 9.47 Å². The largest absolute Gasteiger partial charge is 0.482 e. The fourth-order valence-electron chi connectivity index (χ4n) is 1.96. The van der Waals surface area contributed by atoms with Crippen molar-refractivity contribution in [1.82, 2.24) is 10.6 Å². The summed E-state index contributed by atoms with van der Waals surface area (Å²) in [7, 11) is 0. The third-order valence-electron chi connectivity index (χ3n) is 3.51. The summed E-state index contributed by atoms with van der Waals surface area (Å²) in [4.78, 5) is 34.7. The van der Waals surface area contributed by atoms with Crippen molar-refractivity contribution >= 4 is 17.9 Å². The average Bonchev–Trinajstić information content (AvgIpc) is 2.57. The molecule has 1 rings (SSSR count). The summed E-state index contributed by atoms with van der Waals surface area (Å²) in [5, 5.41) is 4.62. The molecule has 0 heterocycles. The van der Waals surface area contributed by atoms with E-state index >= 15 is 0 Å². The first-order chi connectivity index (χ1) is 12.2. The van der Waals surface area contributed by atoms with Gasteiger partial charge in [0, 0.05) is 6.54 Å². The third kappa shape index (κ3) is 8.00. The van der Waals surface area contributed by atoms with Crippen LogP contribution in [0.2, 0.25) is 0 Å². The van der Waals surface area contributed by atoms with Crippen LogP contribution in [0.1, 0.15) is 44.7 Å². The number of ether oxygens (including phenoxy) is 2. The zero-order valence-electron chi connectivity index (χ0n) is 16.0. The lowest BCUT2D eigenvalue weighted by Gasteiger charge is -2.12. The summed E-state index contributed by atoms with van der Waals surface area (Å²) in [6, 6.07) is 5.22. The zero-order chi connectivity index (χ0) is 19.7. The Morgan fingerprint density at radius 3 is 2.38 bits per heavy atom. The minimum atomic E-state index is -0.697. The van der Waals surface area contributed by atoms with Crippen molar-refractivity contribution in [2.75, 3.05) is 19.8 Å². The van der Waals surface area contributed by atoms with E-state index in [1.165, 1.54) is 0 Å². The minimum absolute atomic E-state index is 0.267. The topological polar surface area (TPSA) is 93.7 Å². The number of nitrogens with one attached hydrogen (secondary N) is 2. The molecule has 0 spiro atoms. The Labute approximate surface area is 154 Å². The monoisotopic (exact) mass is 364 g/mol. The molecule has 7 heteroatoms. The van der Waals surface area contributed by atoms with Gasteiger partial charge in [-0.15, -0.1) is 0 Å². The normalized spacial score (nSPS) is 10.6. The SMILES string of the molecule is Cc1ccc(C(C)C)cc1OCC(=O)OCC(=O)NC(=O)NCC(C)C. The summed E-state index contributed by atoms with van der Waals surface area (Å²) >= 11 is 0. The van der Waals surface area contributed by atoms with E-state index in [2.05, 4.69) is 24.5 Å². The van der Waals surface area contributed by atoms with Crippen LogP contribution in [0, 0.1) is 12.8 Å². The molecule has 0 aliphatic rings. The fourth-order valence-corrected chi connectivity index (χ4v) is 1.96. The maximum absolute atomic E-state index is 11.7. The maximum Gasteiger partial charge on any atom is 0.344 e. The van der Waals surface area contributed by atoms with Gasteiger partial charge in [0.2, 0.25) is 0 Å². The maximum atomic E-state index is 11.7. The number of amides is 3. The van der Waals surface area contributed by atoms with E-state index in [-0.39, 0.29) is 12.5 Å². The number of carbonyl (C=O) groups excluding carboxylic acids is 3. The van der Waals surface area contributed by atoms with Crippen molar-refractivity contribution in [2.24, 2.45) is 5.92 Å². The van der Waals surface area contributed by atoms with Gasteiger partial charge in [0.25, 0.3) is 5.91 Å². The Hall–Kier alpha value is -2.57. The van der Waals surface area contributed by atoms with Crippen LogP contribution >= 0.6 is 0 Å². The van der Waals surface area contributed by atoms with E-state index in [9.17, 15) is 14.4 Å². The number of benzene rings is 1. The minimum Gasteiger partial charge on any atom is -0.482 e. The lowest BCUT2D eigenvalue weighted by atomic mass is 10.0. The van der Waals surface area contributed by atoms with E-state index in [0.29, 0.717) is 18.2 Å². The third-order valence-corrected chi connectivity index (χ3v) is 3.51. The molecule has 1 aromatic carbocycles. The van der Waals surface area contributed by atoms with Gasteiger partial charge in [-0.3, -0.25) is 10.1 Å². The van der Waals surface area contributed by atoms with Gasteiger partial charge >= 0.3 is 12.0 Å². The van der Waals surface area contributed by atoms with Crippen LogP contribution in [0.15, 0.2) is 18.2 Å².